The third kappa shape index (κ3) is 2.92. The number of aromatic nitrogens is 2. The number of halogens is 6. The van der Waals surface area contributed by atoms with Crippen molar-refractivity contribution in [3.8, 4) is 5.75 Å². The smallest absolute Gasteiger partial charge is 0.435 e. The first kappa shape index (κ1) is 23.0. The van der Waals surface area contributed by atoms with E-state index in [1.54, 1.807) is 0 Å². The summed E-state index contributed by atoms with van der Waals surface area (Å²) in [7, 11) is 2.51. The number of alkyl halides is 6. The number of rotatable bonds is 4. The van der Waals surface area contributed by atoms with E-state index >= 15 is 0 Å². The van der Waals surface area contributed by atoms with Gasteiger partial charge in [0.2, 0.25) is 5.91 Å². The quantitative estimate of drug-likeness (QED) is 0.642. The molecule has 0 unspecified atom stereocenters. The van der Waals surface area contributed by atoms with Gasteiger partial charge in [-0.05, 0) is 24.6 Å². The Morgan fingerprint density at radius 3 is 2.59 bits per heavy atom. The van der Waals surface area contributed by atoms with E-state index < -0.39 is 58.7 Å². The molecule has 2 saturated heterocycles. The Hall–Kier alpha value is -2.80. The normalized spacial score (nSPS) is 32.0. The third-order valence-electron chi connectivity index (χ3n) is 7.14. The summed E-state index contributed by atoms with van der Waals surface area (Å²) in [6.07, 6.45) is -11.5. The molecule has 2 aromatic rings. The highest BCUT2D eigenvalue weighted by atomic mass is 19.4. The number of amides is 1. The van der Waals surface area contributed by atoms with Crippen LogP contribution in [0.5, 0.6) is 5.75 Å². The third-order valence-corrected chi connectivity index (χ3v) is 7.14. The fourth-order valence-corrected chi connectivity index (χ4v) is 5.74. The lowest BCUT2D eigenvalue weighted by atomic mass is 9.73. The topological polar surface area (TPSA) is 85.6 Å². The lowest BCUT2D eigenvalue weighted by Gasteiger charge is -2.29. The largest absolute Gasteiger partial charge is 0.495 e. The first-order chi connectivity index (χ1) is 15.8. The monoisotopic (exact) mass is 491 g/mol. The van der Waals surface area contributed by atoms with Crippen molar-refractivity contribution in [3.05, 3.63) is 41.2 Å². The maximum absolute atomic E-state index is 13.8. The molecular weight excluding hydrogens is 472 g/mol. The molecule has 5 atom stereocenters. The SMILES string of the molecule is COc1ccc(C(F)(F)F)cc1NC(=O)[C@]12C[C@@]1(c1cn(C)nc1C(F)(F)F)[C@H]1O[C@@H]2C[C@@H]1O. The van der Waals surface area contributed by atoms with Gasteiger partial charge >= 0.3 is 12.4 Å². The highest BCUT2D eigenvalue weighted by Crippen LogP contribution is 2.78. The molecule has 0 radical (unpaired) electrons. The number of benzene rings is 1. The van der Waals surface area contributed by atoms with Crippen LogP contribution in [0.1, 0.15) is 29.7 Å². The number of aliphatic hydroxyl groups excluding tert-OH is 1. The van der Waals surface area contributed by atoms with Crippen LogP contribution in [0.2, 0.25) is 0 Å². The van der Waals surface area contributed by atoms with Crippen LogP contribution in [-0.2, 0) is 34.3 Å². The van der Waals surface area contributed by atoms with Gasteiger partial charge in [0, 0.05) is 30.6 Å². The summed E-state index contributed by atoms with van der Waals surface area (Å²) in [4.78, 5) is 13.5. The zero-order valence-electron chi connectivity index (χ0n) is 17.8. The van der Waals surface area contributed by atoms with E-state index in [9.17, 15) is 36.2 Å². The molecule has 34 heavy (non-hydrogen) atoms. The molecule has 3 aliphatic rings. The Labute approximate surface area is 188 Å². The number of nitrogens with zero attached hydrogens (tertiary/aromatic N) is 2. The summed E-state index contributed by atoms with van der Waals surface area (Å²) in [5.41, 5.74) is -5.81. The summed E-state index contributed by atoms with van der Waals surface area (Å²) in [6, 6.07) is 2.53. The Kier molecular flexibility index (Phi) is 4.64. The van der Waals surface area contributed by atoms with Crippen LogP contribution in [0.3, 0.4) is 0 Å². The van der Waals surface area contributed by atoms with E-state index in [2.05, 4.69) is 10.4 Å². The number of hydrogen-bond acceptors (Lipinski definition) is 5. The molecule has 0 spiro atoms. The molecule has 5 rings (SSSR count). The van der Waals surface area contributed by atoms with Crippen LogP contribution in [0, 0.1) is 5.41 Å². The number of aliphatic hydroxyl groups is 1. The van der Waals surface area contributed by atoms with Crippen molar-refractivity contribution >= 4 is 11.6 Å². The maximum atomic E-state index is 13.8. The predicted molar refractivity (Wildman–Crippen MR) is 103 cm³/mol. The van der Waals surface area contributed by atoms with Gasteiger partial charge in [-0.25, -0.2) is 0 Å². The fraction of sp³-hybridized carbons (Fsp3) is 0.524. The van der Waals surface area contributed by atoms with E-state index in [-0.39, 0.29) is 29.8 Å². The second-order valence-electron chi connectivity index (χ2n) is 8.90. The van der Waals surface area contributed by atoms with Crippen molar-refractivity contribution in [2.24, 2.45) is 12.5 Å². The molecule has 13 heteroatoms. The maximum Gasteiger partial charge on any atom is 0.435 e. The van der Waals surface area contributed by atoms with Crippen molar-refractivity contribution in [1.29, 1.82) is 0 Å². The lowest BCUT2D eigenvalue weighted by molar-refractivity contribution is -0.143. The predicted octanol–water partition coefficient (Wildman–Crippen LogP) is 3.26. The summed E-state index contributed by atoms with van der Waals surface area (Å²) in [5.74, 6) is -0.855. The second kappa shape index (κ2) is 6.87. The fourth-order valence-electron chi connectivity index (χ4n) is 5.74. The highest BCUT2D eigenvalue weighted by molar-refractivity contribution is 6.02. The zero-order chi connectivity index (χ0) is 24.8. The van der Waals surface area contributed by atoms with Crippen molar-refractivity contribution in [1.82, 2.24) is 9.78 Å². The van der Waals surface area contributed by atoms with Crippen LogP contribution >= 0.6 is 0 Å². The highest BCUT2D eigenvalue weighted by Gasteiger charge is 2.88. The average Bonchev–Trinajstić information content (AvgIpc) is 2.95. The van der Waals surface area contributed by atoms with Crippen molar-refractivity contribution < 1.29 is 45.7 Å². The van der Waals surface area contributed by atoms with E-state index in [1.165, 1.54) is 14.2 Å². The minimum Gasteiger partial charge on any atom is -0.495 e. The molecule has 2 bridgehead atoms. The number of nitrogens with one attached hydrogen (secondary N) is 1. The van der Waals surface area contributed by atoms with Gasteiger partial charge in [0.25, 0.3) is 0 Å². The number of methoxy groups -OCH3 is 1. The number of ether oxygens (including phenoxy) is 2. The number of carbonyl (C=O) groups is 1. The Balaban J connectivity index is 1.57. The summed E-state index contributed by atoms with van der Waals surface area (Å²) in [5, 5.41) is 16.4. The first-order valence-electron chi connectivity index (χ1n) is 10.3. The van der Waals surface area contributed by atoms with Gasteiger partial charge in [-0.3, -0.25) is 9.48 Å². The summed E-state index contributed by atoms with van der Waals surface area (Å²) < 4.78 is 92.7. The van der Waals surface area contributed by atoms with Crippen LogP contribution in [0.25, 0.3) is 0 Å². The van der Waals surface area contributed by atoms with Gasteiger partial charge in [-0.15, -0.1) is 0 Å². The van der Waals surface area contributed by atoms with Crippen LogP contribution in [0.15, 0.2) is 24.4 Å². The molecule has 1 aliphatic carbocycles. The molecule has 1 saturated carbocycles. The summed E-state index contributed by atoms with van der Waals surface area (Å²) in [6.45, 7) is 0. The molecule has 3 fully saturated rings. The zero-order valence-corrected chi connectivity index (χ0v) is 17.8. The molecule has 184 valence electrons. The minimum absolute atomic E-state index is 0.0151. The van der Waals surface area contributed by atoms with Gasteiger partial charge < -0.3 is 19.9 Å². The van der Waals surface area contributed by atoms with E-state index in [1.807, 2.05) is 0 Å². The standard InChI is InChI=1S/C21H19F6N3O4/c1-30-7-10(15(29-30)21(25,26)27)18-8-19(18,14-6-12(31)16(18)34-14)17(32)28-11-5-9(20(22,23)24)3-4-13(11)33-2/h3-5,7,12,14,16,31H,6,8H2,1-2H3,(H,28,32)/t12-,14+,16-,18+,19+/m0/s1. The van der Waals surface area contributed by atoms with Crippen LogP contribution in [-0.4, -0.2) is 46.2 Å². The molecule has 1 aromatic heterocycles. The lowest BCUT2D eigenvalue weighted by Crippen LogP contribution is -2.45. The van der Waals surface area contributed by atoms with Crippen molar-refractivity contribution in [2.45, 2.75) is 48.9 Å². The van der Waals surface area contributed by atoms with Crippen molar-refractivity contribution in [3.63, 3.8) is 0 Å². The van der Waals surface area contributed by atoms with Gasteiger partial charge in [0.15, 0.2) is 5.69 Å². The Morgan fingerprint density at radius 1 is 1.26 bits per heavy atom. The number of anilines is 1. The molecule has 7 nitrogen and oxygen atoms in total. The number of carbonyl (C=O) groups excluding carboxylic acids is 1. The molecular formula is C21H19F6N3O4. The minimum atomic E-state index is -4.83. The van der Waals surface area contributed by atoms with Crippen LogP contribution < -0.4 is 10.1 Å². The van der Waals surface area contributed by atoms with E-state index in [0.29, 0.717) is 6.07 Å². The van der Waals surface area contributed by atoms with Crippen molar-refractivity contribution in [2.75, 3.05) is 12.4 Å². The number of aryl methyl sites for hydroxylation is 1. The van der Waals surface area contributed by atoms with Crippen LogP contribution in [0.4, 0.5) is 32.0 Å². The second-order valence-corrected chi connectivity index (χ2v) is 8.90. The molecule has 1 amide bonds. The van der Waals surface area contributed by atoms with Gasteiger partial charge in [-0.2, -0.15) is 31.4 Å². The van der Waals surface area contributed by atoms with Gasteiger partial charge in [0.05, 0.1) is 42.1 Å². The molecule has 2 N–H and O–H groups in total. The van der Waals surface area contributed by atoms with Gasteiger partial charge in [0.1, 0.15) is 5.75 Å². The van der Waals surface area contributed by atoms with Gasteiger partial charge in [-0.1, -0.05) is 0 Å². The number of hydrogen-bond donors (Lipinski definition) is 2. The average molecular weight is 491 g/mol. The first-order valence-corrected chi connectivity index (χ1v) is 10.3. The summed E-state index contributed by atoms with van der Waals surface area (Å²) >= 11 is 0. The molecule has 2 aliphatic heterocycles. The number of fused-ring (bicyclic) bond motifs is 5. The molecule has 1 aromatic carbocycles. The molecule has 3 heterocycles. The van der Waals surface area contributed by atoms with E-state index in [0.717, 1.165) is 23.0 Å². The Morgan fingerprint density at radius 2 is 1.97 bits per heavy atom. The van der Waals surface area contributed by atoms with E-state index in [4.69, 9.17) is 9.47 Å². The Bertz CT molecular complexity index is 1180.